The molecule has 2 aromatic heterocycles. The van der Waals surface area contributed by atoms with Gasteiger partial charge in [0.05, 0.1) is 12.4 Å². The number of fused-ring (bicyclic) bond motifs is 1. The Balaban J connectivity index is 1.43. The van der Waals surface area contributed by atoms with E-state index in [4.69, 9.17) is 10.5 Å². The van der Waals surface area contributed by atoms with E-state index in [2.05, 4.69) is 15.0 Å². The molecule has 12 heteroatoms. The lowest BCUT2D eigenvalue weighted by atomic mass is 10.1. The first-order valence-corrected chi connectivity index (χ1v) is 9.91. The molecular weight excluding hydrogens is 388 g/mol. The molecule has 0 saturated carbocycles. The van der Waals surface area contributed by atoms with Crippen LogP contribution in [0.15, 0.2) is 12.7 Å². The summed E-state index contributed by atoms with van der Waals surface area (Å²) in [6.45, 7) is 0.652. The second-order valence-electron chi connectivity index (χ2n) is 7.11. The molecule has 5 N–H and O–H groups in total. The van der Waals surface area contributed by atoms with Crippen molar-refractivity contribution in [3.63, 3.8) is 0 Å². The Morgan fingerprint density at radius 3 is 2.86 bits per heavy atom. The molecule has 2 aliphatic rings. The van der Waals surface area contributed by atoms with E-state index < -0.39 is 36.6 Å². The summed E-state index contributed by atoms with van der Waals surface area (Å²) >= 11 is 1.55. The van der Waals surface area contributed by atoms with E-state index in [1.807, 2.05) is 4.90 Å². The van der Waals surface area contributed by atoms with Crippen LogP contribution in [0.25, 0.3) is 11.2 Å². The maximum absolute atomic E-state index is 11.2. The molecule has 28 heavy (non-hydrogen) atoms. The average Bonchev–Trinajstić information content (AvgIpc) is 3.32. The summed E-state index contributed by atoms with van der Waals surface area (Å²) in [5, 5.41) is 30.3. The number of aromatic nitrogens is 4. The van der Waals surface area contributed by atoms with Crippen LogP contribution in [-0.4, -0.2) is 94.7 Å². The lowest BCUT2D eigenvalue weighted by Crippen LogP contribution is -2.33. The predicted octanol–water partition coefficient (Wildman–Crippen LogP) is -1.08. The van der Waals surface area contributed by atoms with E-state index in [0.29, 0.717) is 29.9 Å². The van der Waals surface area contributed by atoms with Gasteiger partial charge in [-0.25, -0.2) is 15.0 Å². The first kappa shape index (κ1) is 19.3. The fourth-order valence-electron chi connectivity index (χ4n) is 3.75. The van der Waals surface area contributed by atoms with E-state index in [-0.39, 0.29) is 11.1 Å². The van der Waals surface area contributed by atoms with Crippen LogP contribution in [-0.2, 0) is 9.53 Å². The lowest BCUT2D eigenvalue weighted by Gasteiger charge is -2.17. The van der Waals surface area contributed by atoms with Crippen molar-refractivity contribution in [2.45, 2.75) is 42.3 Å². The van der Waals surface area contributed by atoms with Gasteiger partial charge in [-0.05, 0) is 13.5 Å². The molecule has 0 aromatic carbocycles. The molecule has 0 amide bonds. The van der Waals surface area contributed by atoms with Gasteiger partial charge in [-0.2, -0.15) is 11.8 Å². The number of anilines is 1. The van der Waals surface area contributed by atoms with E-state index in [1.54, 1.807) is 18.8 Å². The topological polar surface area (TPSA) is 160 Å². The first-order valence-electron chi connectivity index (χ1n) is 8.86. The molecule has 6 atom stereocenters. The quantitative estimate of drug-likeness (QED) is 0.474. The number of nitrogens with two attached hydrogens (primary N) is 1. The van der Waals surface area contributed by atoms with Crippen LogP contribution in [0, 0.1) is 0 Å². The number of hydrogen-bond acceptors (Lipinski definition) is 10. The predicted molar refractivity (Wildman–Crippen MR) is 101 cm³/mol. The lowest BCUT2D eigenvalue weighted by molar-refractivity contribution is -0.141. The fraction of sp³-hybridized carbons (Fsp3) is 0.625. The molecular formula is C16H22N6O5S. The van der Waals surface area contributed by atoms with Gasteiger partial charge in [0.2, 0.25) is 0 Å². The van der Waals surface area contributed by atoms with Crippen molar-refractivity contribution in [1.29, 1.82) is 0 Å². The van der Waals surface area contributed by atoms with Crippen molar-refractivity contribution in [2.24, 2.45) is 0 Å². The number of aliphatic hydroxyl groups excluding tert-OH is 2. The Kier molecular flexibility index (Phi) is 5.14. The Hall–Kier alpha value is -1.99. The van der Waals surface area contributed by atoms with Crippen molar-refractivity contribution in [1.82, 2.24) is 24.4 Å². The van der Waals surface area contributed by atoms with Crippen molar-refractivity contribution in [3.8, 4) is 0 Å². The molecule has 4 rings (SSSR count). The highest BCUT2D eigenvalue weighted by atomic mass is 32.2. The number of thioether (sulfide) groups is 1. The number of nitrogens with zero attached hydrogens (tertiary/aromatic N) is 5. The van der Waals surface area contributed by atoms with E-state index in [9.17, 15) is 20.1 Å². The fourth-order valence-corrected chi connectivity index (χ4v) is 5.14. The minimum absolute atomic E-state index is 0.125. The molecule has 0 bridgehead atoms. The highest BCUT2D eigenvalue weighted by Crippen LogP contribution is 2.35. The highest BCUT2D eigenvalue weighted by molar-refractivity contribution is 8.00. The van der Waals surface area contributed by atoms with Crippen molar-refractivity contribution >= 4 is 34.7 Å². The largest absolute Gasteiger partial charge is 0.480 e. The van der Waals surface area contributed by atoms with Crippen LogP contribution >= 0.6 is 11.8 Å². The minimum atomic E-state index is -1.16. The Labute approximate surface area is 164 Å². The third-order valence-electron chi connectivity index (χ3n) is 5.29. The molecule has 1 unspecified atom stereocenters. The number of carboxylic acids is 1. The number of likely N-dealkylation sites (N-methyl/N-ethyl adjacent to an activating group) is 1. The second-order valence-corrected chi connectivity index (χ2v) is 8.45. The number of ether oxygens (including phenoxy) is 1. The normalized spacial score (nSPS) is 33.7. The Morgan fingerprint density at radius 2 is 2.14 bits per heavy atom. The van der Waals surface area contributed by atoms with E-state index in [1.165, 1.54) is 17.2 Å². The Morgan fingerprint density at radius 1 is 1.36 bits per heavy atom. The first-order chi connectivity index (χ1) is 13.4. The van der Waals surface area contributed by atoms with Gasteiger partial charge in [-0.3, -0.25) is 14.3 Å². The number of aliphatic hydroxyl groups is 2. The van der Waals surface area contributed by atoms with Gasteiger partial charge in [-0.15, -0.1) is 0 Å². The van der Waals surface area contributed by atoms with Crippen LogP contribution in [0.3, 0.4) is 0 Å². The minimum Gasteiger partial charge on any atom is -0.480 e. The smallest absolute Gasteiger partial charge is 0.320 e. The number of nitrogen functional groups attached to an aromatic ring is 1. The summed E-state index contributed by atoms with van der Waals surface area (Å²) in [5.74, 6) is -0.169. The zero-order valence-corrected chi connectivity index (χ0v) is 15.9. The van der Waals surface area contributed by atoms with Crippen LogP contribution in [0.4, 0.5) is 5.82 Å². The summed E-state index contributed by atoms with van der Waals surface area (Å²) in [7, 11) is 1.79. The summed E-state index contributed by atoms with van der Waals surface area (Å²) in [5.41, 5.74) is 6.61. The molecule has 4 heterocycles. The summed E-state index contributed by atoms with van der Waals surface area (Å²) < 4.78 is 7.45. The van der Waals surface area contributed by atoms with Crippen LogP contribution in [0.1, 0.15) is 12.6 Å². The Bertz CT molecular complexity index is 880. The van der Waals surface area contributed by atoms with Crippen LogP contribution in [0.5, 0.6) is 0 Å². The van der Waals surface area contributed by atoms with Gasteiger partial charge in [0, 0.05) is 17.5 Å². The maximum atomic E-state index is 11.2. The molecule has 0 spiro atoms. The standard InChI is InChI=1S/C16H22N6O5S/c1-21-3-7(2-8(21)16(25)26)28-4-9-11(23)12(24)15(27-9)22-6-20-10-13(17)18-5-19-14(10)22/h5-9,11-12,15,23-24H,2-4H2,1H3,(H,25,26)(H2,17,18,19)/t7-,8-,9+,11+,12?,15+/m0/s1. The number of aliphatic carboxylic acids is 1. The molecule has 2 aliphatic heterocycles. The summed E-state index contributed by atoms with van der Waals surface area (Å²) in [4.78, 5) is 25.2. The monoisotopic (exact) mass is 410 g/mol. The SMILES string of the molecule is CN1C[C@@H](SC[C@H]2O[C@@H](n3cnc4c(N)ncnc43)C(O)[C@@H]2O)C[C@H]1C(=O)O. The van der Waals surface area contributed by atoms with Gasteiger partial charge in [0.25, 0.3) is 0 Å². The number of imidazole rings is 1. The van der Waals surface area contributed by atoms with Gasteiger partial charge in [0.15, 0.2) is 17.7 Å². The van der Waals surface area contributed by atoms with Crippen molar-refractivity contribution in [2.75, 3.05) is 25.1 Å². The summed E-state index contributed by atoms with van der Waals surface area (Å²) in [6.07, 6.45) is -0.395. The molecule has 11 nitrogen and oxygen atoms in total. The molecule has 2 fully saturated rings. The van der Waals surface area contributed by atoms with Crippen molar-refractivity contribution in [3.05, 3.63) is 12.7 Å². The van der Waals surface area contributed by atoms with E-state index >= 15 is 0 Å². The number of carboxylic acid groups (broad SMARTS) is 1. The summed E-state index contributed by atoms with van der Waals surface area (Å²) in [6, 6.07) is -0.493. The molecule has 2 saturated heterocycles. The maximum Gasteiger partial charge on any atom is 0.320 e. The molecule has 0 aliphatic carbocycles. The highest BCUT2D eigenvalue weighted by Gasteiger charge is 2.45. The number of carbonyl (C=O) groups is 1. The van der Waals surface area contributed by atoms with Gasteiger partial charge >= 0.3 is 5.97 Å². The third-order valence-corrected chi connectivity index (χ3v) is 6.62. The zero-order chi connectivity index (χ0) is 20.0. The van der Waals surface area contributed by atoms with E-state index in [0.717, 1.165) is 0 Å². The second kappa shape index (κ2) is 7.44. The zero-order valence-electron chi connectivity index (χ0n) is 15.1. The van der Waals surface area contributed by atoms with Gasteiger partial charge in [0.1, 0.15) is 30.1 Å². The number of hydrogen-bond donors (Lipinski definition) is 4. The van der Waals surface area contributed by atoms with Gasteiger partial charge in [-0.1, -0.05) is 0 Å². The molecule has 2 aromatic rings. The molecule has 152 valence electrons. The number of rotatable bonds is 5. The van der Waals surface area contributed by atoms with Crippen molar-refractivity contribution < 1.29 is 24.9 Å². The molecule has 0 radical (unpaired) electrons. The number of likely N-dealkylation sites (tertiary alicyclic amines) is 1. The van der Waals surface area contributed by atoms with Crippen LogP contribution in [0.2, 0.25) is 0 Å². The van der Waals surface area contributed by atoms with Crippen LogP contribution < -0.4 is 5.73 Å². The third kappa shape index (κ3) is 3.31. The van der Waals surface area contributed by atoms with Gasteiger partial charge < -0.3 is 25.8 Å². The average molecular weight is 410 g/mol.